The Bertz CT molecular complexity index is 645. The highest BCUT2D eigenvalue weighted by Crippen LogP contribution is 2.50. The molecule has 3 heterocycles. The third-order valence-corrected chi connectivity index (χ3v) is 5.86. The second kappa shape index (κ2) is 5.31. The van der Waals surface area contributed by atoms with Crippen LogP contribution in [-0.4, -0.2) is 64.9 Å². The predicted octanol–water partition coefficient (Wildman–Crippen LogP) is -0.878. The van der Waals surface area contributed by atoms with Gasteiger partial charge in [-0.2, -0.15) is 0 Å². The lowest BCUT2D eigenvalue weighted by Crippen LogP contribution is -2.58. The van der Waals surface area contributed by atoms with E-state index in [1.165, 1.54) is 33.1 Å². The first-order valence-electron chi connectivity index (χ1n) is 5.96. The number of carbonyl (C=O) groups excluding carboxylic acids is 1. The number of hydrogen-bond acceptors (Lipinski definition) is 8. The number of amides is 1. The van der Waals surface area contributed by atoms with Crippen LogP contribution in [0.5, 0.6) is 0 Å². The smallest absolute Gasteiger partial charge is 0.353 e. The predicted molar refractivity (Wildman–Crippen MR) is 73.0 cm³/mol. The fourth-order valence-electron chi connectivity index (χ4n) is 2.20. The van der Waals surface area contributed by atoms with Crippen LogP contribution in [0.1, 0.15) is 0 Å². The van der Waals surface area contributed by atoms with E-state index in [9.17, 15) is 14.7 Å². The van der Waals surface area contributed by atoms with E-state index < -0.39 is 11.9 Å². The molecule has 2 aliphatic rings. The highest BCUT2D eigenvalue weighted by Gasteiger charge is 2.55. The lowest BCUT2D eigenvalue weighted by Gasteiger charge is -2.41. The summed E-state index contributed by atoms with van der Waals surface area (Å²) in [5.74, 6) is -1.64. The summed E-state index contributed by atoms with van der Waals surface area (Å²) in [6, 6.07) is 0. The number of aliphatic carboxylic acids is 1. The summed E-state index contributed by atoms with van der Waals surface area (Å²) >= 11 is 2.60. The molecule has 1 amide bonds. The summed E-state index contributed by atoms with van der Waals surface area (Å²) in [5, 5.41) is 29.7. The van der Waals surface area contributed by atoms with Crippen LogP contribution < -0.4 is 0 Å². The average molecular weight is 329 g/mol. The zero-order valence-electron chi connectivity index (χ0n) is 10.8. The number of aliphatic hydroxyl groups excluding tert-OH is 1. The van der Waals surface area contributed by atoms with Gasteiger partial charge >= 0.3 is 5.97 Å². The number of rotatable bonds is 5. The van der Waals surface area contributed by atoms with Gasteiger partial charge in [-0.05, 0) is 10.4 Å². The number of carboxylic acids is 1. The van der Waals surface area contributed by atoms with Crippen molar-refractivity contribution in [3.8, 4) is 0 Å². The Balaban J connectivity index is 1.79. The number of aryl methyl sites for hydroxylation is 1. The SMILES string of the molecule is Cn1nnnc1SCC1=C(C(=O)O)N2C(=O)C(CO)[C@H]2S1. The first kappa shape index (κ1) is 14.4. The molecule has 2 N–H and O–H groups in total. The monoisotopic (exact) mass is 329 g/mol. The number of aromatic nitrogens is 4. The van der Waals surface area contributed by atoms with Crippen LogP contribution in [-0.2, 0) is 16.6 Å². The van der Waals surface area contributed by atoms with Gasteiger partial charge in [-0.3, -0.25) is 9.69 Å². The molecule has 21 heavy (non-hydrogen) atoms. The first-order chi connectivity index (χ1) is 10.0. The van der Waals surface area contributed by atoms with E-state index in [4.69, 9.17) is 5.11 Å². The first-order valence-corrected chi connectivity index (χ1v) is 7.83. The van der Waals surface area contributed by atoms with E-state index in [1.807, 2.05) is 0 Å². The second-order valence-electron chi connectivity index (χ2n) is 4.46. The lowest BCUT2D eigenvalue weighted by atomic mass is 9.98. The van der Waals surface area contributed by atoms with E-state index in [2.05, 4.69) is 15.5 Å². The minimum Gasteiger partial charge on any atom is -0.477 e. The highest BCUT2D eigenvalue weighted by atomic mass is 32.2. The Kier molecular flexibility index (Phi) is 3.63. The lowest BCUT2D eigenvalue weighted by molar-refractivity contribution is -0.153. The standard InChI is InChI=1S/C10H11N5O4S2/c1-14-10(11-12-13-14)20-3-5-6(9(18)19)15-7(17)4(2-16)8(15)21-5/h4,8,16H,2-3H2,1H3,(H,18,19)/t4?,8-/m1/s1. The maximum absolute atomic E-state index is 11.8. The number of tetrazole rings is 1. The fraction of sp³-hybridized carbons (Fsp3) is 0.500. The zero-order valence-corrected chi connectivity index (χ0v) is 12.5. The zero-order chi connectivity index (χ0) is 15.1. The van der Waals surface area contributed by atoms with Gasteiger partial charge in [0.15, 0.2) is 0 Å². The topological polar surface area (TPSA) is 121 Å². The molecule has 112 valence electrons. The van der Waals surface area contributed by atoms with Gasteiger partial charge in [-0.15, -0.1) is 16.9 Å². The Morgan fingerprint density at radius 3 is 2.86 bits per heavy atom. The van der Waals surface area contributed by atoms with Crippen molar-refractivity contribution >= 4 is 35.4 Å². The molecule has 0 aromatic carbocycles. The molecular weight excluding hydrogens is 318 g/mol. The average Bonchev–Trinajstić information content (AvgIpc) is 2.99. The number of carboxylic acid groups (broad SMARTS) is 1. The fourth-order valence-corrected chi connectivity index (χ4v) is 4.63. The van der Waals surface area contributed by atoms with E-state index in [1.54, 1.807) is 7.05 Å². The molecule has 1 unspecified atom stereocenters. The quantitative estimate of drug-likeness (QED) is 0.524. The Morgan fingerprint density at radius 2 is 2.29 bits per heavy atom. The van der Waals surface area contributed by atoms with E-state index in [0.29, 0.717) is 15.8 Å². The van der Waals surface area contributed by atoms with Gasteiger partial charge < -0.3 is 10.2 Å². The van der Waals surface area contributed by atoms with Crippen LogP contribution >= 0.6 is 23.5 Å². The number of thioether (sulfide) groups is 2. The van der Waals surface area contributed by atoms with Crippen molar-refractivity contribution in [1.82, 2.24) is 25.1 Å². The van der Waals surface area contributed by atoms with Crippen LogP contribution in [0.4, 0.5) is 0 Å². The molecule has 0 bridgehead atoms. The molecule has 3 rings (SSSR count). The van der Waals surface area contributed by atoms with Crippen molar-refractivity contribution in [2.24, 2.45) is 13.0 Å². The molecular formula is C10H11N5O4S2. The molecule has 1 fully saturated rings. The summed E-state index contributed by atoms with van der Waals surface area (Å²) in [4.78, 5) is 25.1. The molecule has 1 aromatic rings. The van der Waals surface area contributed by atoms with Crippen LogP contribution in [0.25, 0.3) is 0 Å². The number of fused-ring (bicyclic) bond motifs is 1. The van der Waals surface area contributed by atoms with Crippen LogP contribution in [0.2, 0.25) is 0 Å². The van der Waals surface area contributed by atoms with Gasteiger partial charge in [0.05, 0.1) is 12.5 Å². The minimum absolute atomic E-state index is 0.00216. The van der Waals surface area contributed by atoms with Gasteiger partial charge in [-0.1, -0.05) is 11.8 Å². The molecule has 0 saturated carbocycles. The van der Waals surface area contributed by atoms with Crippen LogP contribution in [0.15, 0.2) is 15.8 Å². The van der Waals surface area contributed by atoms with Gasteiger partial charge in [0, 0.05) is 17.7 Å². The van der Waals surface area contributed by atoms with Crippen LogP contribution in [0, 0.1) is 5.92 Å². The number of aliphatic hydroxyl groups is 1. The Labute approximate surface area is 127 Å². The Hall–Kier alpha value is -1.59. The number of hydrogen-bond donors (Lipinski definition) is 2. The summed E-state index contributed by atoms with van der Waals surface area (Å²) in [7, 11) is 1.69. The molecule has 0 spiro atoms. The molecule has 2 aliphatic heterocycles. The van der Waals surface area contributed by atoms with Gasteiger partial charge in [0.25, 0.3) is 0 Å². The number of carbonyl (C=O) groups is 2. The summed E-state index contributed by atoms with van der Waals surface area (Å²) in [6.07, 6.45) is 0. The number of nitrogens with zero attached hydrogens (tertiary/aromatic N) is 5. The van der Waals surface area contributed by atoms with E-state index >= 15 is 0 Å². The van der Waals surface area contributed by atoms with Crippen molar-refractivity contribution in [2.75, 3.05) is 12.4 Å². The van der Waals surface area contributed by atoms with Crippen molar-refractivity contribution in [3.05, 3.63) is 10.6 Å². The molecule has 9 nitrogen and oxygen atoms in total. The molecule has 2 atom stereocenters. The third kappa shape index (κ3) is 2.21. The van der Waals surface area contributed by atoms with Gasteiger partial charge in [-0.25, -0.2) is 9.48 Å². The van der Waals surface area contributed by atoms with E-state index in [-0.39, 0.29) is 23.6 Å². The largest absolute Gasteiger partial charge is 0.477 e. The normalized spacial score (nSPS) is 24.3. The minimum atomic E-state index is -1.14. The van der Waals surface area contributed by atoms with E-state index in [0.717, 1.165) is 0 Å². The summed E-state index contributed by atoms with van der Waals surface area (Å²) < 4.78 is 1.49. The maximum atomic E-state index is 11.8. The molecule has 0 radical (unpaired) electrons. The maximum Gasteiger partial charge on any atom is 0.353 e. The van der Waals surface area contributed by atoms with Crippen molar-refractivity contribution in [3.63, 3.8) is 0 Å². The van der Waals surface area contributed by atoms with Crippen molar-refractivity contribution in [2.45, 2.75) is 10.5 Å². The summed E-state index contributed by atoms with van der Waals surface area (Å²) in [6.45, 7) is -0.270. The highest BCUT2D eigenvalue weighted by molar-refractivity contribution is 8.06. The Morgan fingerprint density at radius 1 is 1.52 bits per heavy atom. The second-order valence-corrected chi connectivity index (χ2v) is 6.61. The third-order valence-electron chi connectivity index (χ3n) is 3.23. The van der Waals surface area contributed by atoms with Crippen molar-refractivity contribution in [1.29, 1.82) is 0 Å². The molecule has 1 aromatic heterocycles. The molecule has 0 aliphatic carbocycles. The van der Waals surface area contributed by atoms with Gasteiger partial charge in [0.2, 0.25) is 11.1 Å². The molecule has 1 saturated heterocycles. The molecule has 11 heteroatoms. The van der Waals surface area contributed by atoms with Crippen LogP contribution in [0.3, 0.4) is 0 Å². The summed E-state index contributed by atoms with van der Waals surface area (Å²) in [5.41, 5.74) is 0.00216. The van der Waals surface area contributed by atoms with Crippen molar-refractivity contribution < 1.29 is 19.8 Å². The number of β-lactam (4-membered cyclic amide) rings is 1. The van der Waals surface area contributed by atoms with Gasteiger partial charge in [0.1, 0.15) is 11.1 Å².